The van der Waals surface area contributed by atoms with Gasteiger partial charge in [-0.15, -0.1) is 0 Å². The lowest BCUT2D eigenvalue weighted by molar-refractivity contribution is -0.191. The first-order valence-electron chi connectivity index (χ1n) is 30.9. The fourth-order valence-corrected chi connectivity index (χ4v) is 10.9. The third-order valence-corrected chi connectivity index (χ3v) is 16.3. The number of hydrogen-bond acceptors (Lipinski definition) is 12. The molecule has 0 spiro atoms. The molecule has 1 aliphatic heterocycles. The van der Waals surface area contributed by atoms with Crippen LogP contribution < -0.4 is 5.43 Å². The Morgan fingerprint density at radius 2 is 0.989 bits per heavy atom. The monoisotopic (exact) mass is 1250 g/mol. The van der Waals surface area contributed by atoms with E-state index in [0.717, 1.165) is 101 Å². The van der Waals surface area contributed by atoms with Crippen molar-refractivity contribution >= 4 is 78.3 Å². The Morgan fingerprint density at radius 1 is 0.532 bits per heavy atom. The molecule has 2 amide bonds. The lowest BCUT2D eigenvalue weighted by Crippen LogP contribution is -2.32. The summed E-state index contributed by atoms with van der Waals surface area (Å²) >= 11 is 0. The molecule has 12 aromatic rings. The van der Waals surface area contributed by atoms with Crippen LogP contribution in [-0.4, -0.2) is 74.4 Å². The first-order valence-corrected chi connectivity index (χ1v) is 30.9. The summed E-state index contributed by atoms with van der Waals surface area (Å²) < 4.78 is 0. The van der Waals surface area contributed by atoms with Crippen molar-refractivity contribution in [1.29, 1.82) is 0 Å². The molecule has 0 bridgehead atoms. The molecule has 0 aliphatic carbocycles. The molecule has 8 aromatic carbocycles. The minimum Gasteiger partial charge on any atom is -0.294 e. The number of fused-ring (bicyclic) bond motifs is 4. The number of amides is 2. The predicted octanol–water partition coefficient (Wildman–Crippen LogP) is 16.4. The number of rotatable bonds is 12. The smallest absolute Gasteiger partial charge is 0.294 e. The van der Waals surface area contributed by atoms with Crippen LogP contribution in [0.3, 0.4) is 0 Å². The molecule has 0 fully saturated rings. The fourth-order valence-electron chi connectivity index (χ4n) is 10.9. The van der Waals surface area contributed by atoms with E-state index in [2.05, 4.69) is 99.8 Å². The summed E-state index contributed by atoms with van der Waals surface area (Å²) in [5.74, 6) is -0.00182. The third-order valence-electron chi connectivity index (χ3n) is 16.3. The van der Waals surface area contributed by atoms with E-state index in [0.29, 0.717) is 18.4 Å². The summed E-state index contributed by atoms with van der Waals surface area (Å²) in [6, 6.07) is 64.1. The zero-order valence-corrected chi connectivity index (χ0v) is 54.1. The zero-order valence-electron chi connectivity index (χ0n) is 54.1. The van der Waals surface area contributed by atoms with Crippen LogP contribution in [0, 0.1) is 34.6 Å². The highest BCUT2D eigenvalue weighted by atomic mass is 16.7. The van der Waals surface area contributed by atoms with Gasteiger partial charge in [0.05, 0.1) is 12.8 Å². The normalized spacial score (nSPS) is 12.4. The molecule has 0 radical (unpaired) electrons. The van der Waals surface area contributed by atoms with Crippen molar-refractivity contribution in [2.45, 2.75) is 79.1 Å². The summed E-state index contributed by atoms with van der Waals surface area (Å²) in [6.07, 6.45) is 17.3. The Hall–Kier alpha value is -11.3. The Bertz CT molecular complexity index is 4650. The van der Waals surface area contributed by atoms with Crippen molar-refractivity contribution in [1.82, 2.24) is 30.4 Å². The van der Waals surface area contributed by atoms with Crippen LogP contribution in [0.2, 0.25) is 0 Å². The van der Waals surface area contributed by atoms with Crippen molar-refractivity contribution in [3.63, 3.8) is 0 Å². The second-order valence-corrected chi connectivity index (χ2v) is 22.6. The van der Waals surface area contributed by atoms with E-state index in [9.17, 15) is 19.2 Å². The number of benzene rings is 8. The number of pyridine rings is 4. The summed E-state index contributed by atoms with van der Waals surface area (Å²) in [6.45, 7) is 12.3. The number of hydrogen-bond donors (Lipinski definition) is 1. The molecule has 5 heterocycles. The molecule has 472 valence electrons. The van der Waals surface area contributed by atoms with E-state index >= 15 is 0 Å². The van der Waals surface area contributed by atoms with E-state index in [1.54, 1.807) is 37.9 Å². The maximum Gasteiger partial charge on any atom is 0.373 e. The molecule has 2 atom stereocenters. The number of carbonyl (C=O) groups is 4. The topological polar surface area (TPSA) is 191 Å². The Morgan fingerprint density at radius 3 is 1.50 bits per heavy atom. The molecule has 0 saturated heterocycles. The van der Waals surface area contributed by atoms with E-state index in [4.69, 9.17) is 14.4 Å². The van der Waals surface area contributed by atoms with Crippen LogP contribution in [0.25, 0.3) is 43.1 Å². The lowest BCUT2D eigenvalue weighted by Gasteiger charge is -2.24. The molecule has 0 saturated carbocycles. The van der Waals surface area contributed by atoms with Crippen molar-refractivity contribution in [3.05, 3.63) is 310 Å². The summed E-state index contributed by atoms with van der Waals surface area (Å²) in [4.78, 5) is 86.7. The van der Waals surface area contributed by atoms with Gasteiger partial charge in [-0.2, -0.15) is 14.7 Å². The fraction of sp³-hybridized carbons (Fsp3) is 0.175. The van der Waals surface area contributed by atoms with Crippen LogP contribution in [0.1, 0.15) is 119 Å². The van der Waals surface area contributed by atoms with Gasteiger partial charge in [0.15, 0.2) is 11.6 Å². The number of aromatic nitrogens is 4. The SMILES string of the molecule is CCCC(C(=O)c1ccc2ccccc2c1)c1ccncc1C.CON(C)C(=O)c1ccc2ccccc2c1.Cc1ccncc1C.Cc1cnccc1C1CC(=O)NN=C1c1ccc2ccccc2c1.Cc1cnccc1CC(=O)c1ccc2ccccc2c1.O=C=O. The minimum absolute atomic E-state index is 0.0529. The first kappa shape index (κ1) is 68.6. The molecular formula is C80H75N7O7. The number of ketones is 2. The van der Waals surface area contributed by atoms with Crippen LogP contribution in [0.15, 0.2) is 249 Å². The average Bonchev–Trinajstić information content (AvgIpc) is 0.820. The Balaban J connectivity index is 0.000000154. The Kier molecular flexibility index (Phi) is 25.0. The van der Waals surface area contributed by atoms with Crippen LogP contribution in [0.5, 0.6) is 0 Å². The number of aryl methyl sites for hydroxylation is 5. The highest BCUT2D eigenvalue weighted by Gasteiger charge is 2.29. The summed E-state index contributed by atoms with van der Waals surface area (Å²) in [5, 5.41) is 14.7. The average molecular weight is 1250 g/mol. The van der Waals surface area contributed by atoms with Gasteiger partial charge >= 0.3 is 6.15 Å². The molecule has 2 unspecified atom stereocenters. The quantitative estimate of drug-likeness (QED) is 0.0904. The standard InChI is InChI=1S/C21H21NO.C20H17N3O.C18H15NO.C13H13NO2.C7H9N.CO2/c1-3-6-20(19-11-12-22-14-15(19)2)21(23)18-10-9-16-7-4-5-8-17(16)13-18;1-13-12-21-9-8-17(13)18-11-19(24)22-23-20(18)16-7-6-14-4-2-3-5-15(14)10-16;1-13-12-19-9-8-15(13)11-18(20)17-7-6-14-4-2-3-5-16(14)10-17;1-14(16-2)13(15)12-8-7-10-5-3-4-6-11(10)9-12;1-6-3-4-8-5-7(6)2;2-1-3/h4-5,7-14,20H,3,6H2,1-2H3;2-10,12,18H,11H2,1H3,(H,22,24);2-10,12H,11H2,1H3;3-9H,1-2H3;3-5H,1-2H3;. The van der Waals surface area contributed by atoms with E-state index < -0.39 is 0 Å². The maximum atomic E-state index is 13.1. The number of Topliss-reactive ketones (excluding diaryl/α,β-unsaturated/α-hetero) is 2. The summed E-state index contributed by atoms with van der Waals surface area (Å²) in [7, 11) is 3.07. The number of nitrogens with zero attached hydrogens (tertiary/aromatic N) is 6. The first-order chi connectivity index (χ1) is 45.6. The van der Waals surface area contributed by atoms with Crippen molar-refractivity contribution in [3.8, 4) is 0 Å². The van der Waals surface area contributed by atoms with Crippen LogP contribution >= 0.6 is 0 Å². The van der Waals surface area contributed by atoms with Crippen molar-refractivity contribution in [2.75, 3.05) is 14.2 Å². The van der Waals surface area contributed by atoms with Crippen molar-refractivity contribution < 1.29 is 33.6 Å². The van der Waals surface area contributed by atoms with Gasteiger partial charge in [0, 0.05) is 98.0 Å². The van der Waals surface area contributed by atoms with Gasteiger partial charge < -0.3 is 0 Å². The van der Waals surface area contributed by atoms with Crippen LogP contribution in [-0.2, 0) is 25.6 Å². The van der Waals surface area contributed by atoms with Crippen molar-refractivity contribution in [2.24, 2.45) is 5.10 Å². The third kappa shape index (κ3) is 18.4. The van der Waals surface area contributed by atoms with Gasteiger partial charge in [-0.25, -0.2) is 10.5 Å². The van der Waals surface area contributed by atoms with E-state index in [-0.39, 0.29) is 41.4 Å². The maximum absolute atomic E-state index is 13.1. The second kappa shape index (κ2) is 34.2. The molecule has 14 nitrogen and oxygen atoms in total. The molecule has 13 rings (SSSR count). The number of hydrazone groups is 1. The van der Waals surface area contributed by atoms with Gasteiger partial charge in [0.25, 0.3) is 5.91 Å². The van der Waals surface area contributed by atoms with Gasteiger partial charge in [-0.3, -0.25) is 44.0 Å². The molecular weight excluding hydrogens is 1170 g/mol. The van der Waals surface area contributed by atoms with Crippen LogP contribution in [0.4, 0.5) is 0 Å². The Labute approximate surface area is 548 Å². The lowest BCUT2D eigenvalue weighted by atomic mass is 9.84. The number of nitrogens with one attached hydrogen (secondary N) is 1. The molecule has 1 N–H and O–H groups in total. The van der Waals surface area contributed by atoms with Gasteiger partial charge in [0.2, 0.25) is 5.91 Å². The number of carbonyl (C=O) groups excluding carboxylic acids is 6. The predicted molar refractivity (Wildman–Crippen MR) is 373 cm³/mol. The second-order valence-electron chi connectivity index (χ2n) is 22.6. The largest absolute Gasteiger partial charge is 0.373 e. The van der Waals surface area contributed by atoms with E-state index in [1.165, 1.54) is 34.1 Å². The van der Waals surface area contributed by atoms with Gasteiger partial charge in [0.1, 0.15) is 0 Å². The van der Waals surface area contributed by atoms with Gasteiger partial charge in [-0.05, 0) is 189 Å². The molecule has 94 heavy (non-hydrogen) atoms. The highest BCUT2D eigenvalue weighted by molar-refractivity contribution is 6.11. The summed E-state index contributed by atoms with van der Waals surface area (Å²) in [5.41, 5.74) is 15.8. The number of hydroxylamine groups is 2. The molecule has 14 heteroatoms. The zero-order chi connectivity index (χ0) is 66.9. The van der Waals surface area contributed by atoms with E-state index in [1.807, 2.05) is 185 Å². The molecule has 1 aliphatic rings. The molecule has 4 aromatic heterocycles. The highest BCUT2D eigenvalue weighted by Crippen LogP contribution is 2.32. The minimum atomic E-state index is -0.145. The van der Waals surface area contributed by atoms with Gasteiger partial charge in [-0.1, -0.05) is 153 Å².